The topological polar surface area (TPSA) is 52.0 Å². The van der Waals surface area contributed by atoms with E-state index < -0.39 is 0 Å². The van der Waals surface area contributed by atoms with Gasteiger partial charge in [-0.2, -0.15) is 0 Å². The molecule has 0 spiro atoms. The molecule has 1 heterocycles. The highest BCUT2D eigenvalue weighted by Crippen LogP contribution is 2.27. The van der Waals surface area contributed by atoms with Crippen molar-refractivity contribution < 1.29 is 4.79 Å². The van der Waals surface area contributed by atoms with Crippen LogP contribution >= 0.6 is 11.8 Å². The quantitative estimate of drug-likeness (QED) is 0.344. The van der Waals surface area contributed by atoms with E-state index in [0.717, 1.165) is 0 Å². The summed E-state index contributed by atoms with van der Waals surface area (Å²) in [5.74, 6) is 0.0375. The molecule has 3 rings (SSSR count). The van der Waals surface area contributed by atoms with Crippen LogP contribution in [-0.2, 0) is 12.0 Å². The number of carbonyl (C=O) groups excluding carboxylic acids is 1. The summed E-state index contributed by atoms with van der Waals surface area (Å²) < 4.78 is 1.64. The molecule has 0 unspecified atom stereocenters. The number of rotatable bonds is 5. The van der Waals surface area contributed by atoms with Gasteiger partial charge in [0.15, 0.2) is 10.9 Å². The van der Waals surface area contributed by atoms with Crippen LogP contribution in [0.5, 0.6) is 0 Å². The summed E-state index contributed by atoms with van der Waals surface area (Å²) in [6.07, 6.45) is 0. The van der Waals surface area contributed by atoms with Gasteiger partial charge in [-0.05, 0) is 37.0 Å². The molecule has 0 amide bonds. The van der Waals surface area contributed by atoms with Gasteiger partial charge < -0.3 is 0 Å². The highest BCUT2D eigenvalue weighted by molar-refractivity contribution is 8.00. The van der Waals surface area contributed by atoms with Crippen molar-refractivity contribution in [1.29, 1.82) is 0 Å². The number of benzene rings is 2. The van der Waals surface area contributed by atoms with Crippen molar-refractivity contribution in [3.05, 3.63) is 70.0 Å². The Bertz CT molecular complexity index is 1060. The average molecular weight is 395 g/mol. The Labute approximate surface area is 170 Å². The predicted octanol–water partition coefficient (Wildman–Crippen LogP) is 5.08. The molecule has 0 aliphatic carbocycles. The van der Waals surface area contributed by atoms with Crippen LogP contribution in [0.2, 0.25) is 0 Å². The molecule has 2 aromatic carbocycles. The molecule has 1 atom stereocenters. The summed E-state index contributed by atoms with van der Waals surface area (Å²) in [7, 11) is 0. The number of para-hydroxylation sites is 1. The lowest BCUT2D eigenvalue weighted by Crippen LogP contribution is -2.24. The van der Waals surface area contributed by atoms with Crippen molar-refractivity contribution >= 4 is 28.4 Å². The number of hydrogen-bond donors (Lipinski definition) is 0. The number of aromatic nitrogens is 2. The molecule has 0 saturated heterocycles. The molecule has 3 aromatic rings. The van der Waals surface area contributed by atoms with Crippen LogP contribution < -0.4 is 5.56 Å². The molecule has 0 fully saturated rings. The minimum absolute atomic E-state index is 0.0375. The van der Waals surface area contributed by atoms with Crippen LogP contribution in [0.4, 0.5) is 0 Å². The maximum absolute atomic E-state index is 12.9. The minimum atomic E-state index is -0.341. The third kappa shape index (κ3) is 4.04. The number of ketones is 1. The van der Waals surface area contributed by atoms with Crippen LogP contribution in [0, 0.1) is 0 Å². The van der Waals surface area contributed by atoms with E-state index in [1.807, 2.05) is 56.3 Å². The lowest BCUT2D eigenvalue weighted by molar-refractivity contribution is 0.0993. The van der Waals surface area contributed by atoms with Crippen molar-refractivity contribution in [1.82, 2.24) is 9.55 Å². The van der Waals surface area contributed by atoms with Crippen molar-refractivity contribution in [3.63, 3.8) is 0 Å². The zero-order valence-electron chi connectivity index (χ0n) is 17.0. The zero-order valence-corrected chi connectivity index (χ0v) is 17.8. The van der Waals surface area contributed by atoms with Gasteiger partial charge in [0, 0.05) is 12.1 Å². The van der Waals surface area contributed by atoms with E-state index in [4.69, 9.17) is 0 Å². The Kier molecular flexibility index (Phi) is 5.75. The second-order valence-corrected chi connectivity index (χ2v) is 9.22. The Morgan fingerprint density at radius 3 is 2.36 bits per heavy atom. The van der Waals surface area contributed by atoms with Gasteiger partial charge in [0.1, 0.15) is 0 Å². The standard InChI is InChI=1S/C23H26N2O2S/c1-6-25-21(27)18-9-7-8-10-19(18)24-22(25)28-15(2)20(26)16-11-13-17(14-12-16)23(3,4)5/h7-15H,6H2,1-5H3/t15-/m0/s1. The number of hydrogen-bond acceptors (Lipinski definition) is 4. The number of thioether (sulfide) groups is 1. The summed E-state index contributed by atoms with van der Waals surface area (Å²) in [4.78, 5) is 30.3. The van der Waals surface area contributed by atoms with Crippen molar-refractivity contribution in [2.45, 2.75) is 57.0 Å². The van der Waals surface area contributed by atoms with Crippen LogP contribution in [-0.4, -0.2) is 20.6 Å². The summed E-state index contributed by atoms with van der Waals surface area (Å²) in [6.45, 7) is 10.7. The van der Waals surface area contributed by atoms with Gasteiger partial charge in [0.2, 0.25) is 0 Å². The molecule has 0 aliphatic heterocycles. The van der Waals surface area contributed by atoms with E-state index in [1.54, 1.807) is 10.6 Å². The summed E-state index contributed by atoms with van der Waals surface area (Å²) >= 11 is 1.34. The van der Waals surface area contributed by atoms with Gasteiger partial charge >= 0.3 is 0 Å². The lowest BCUT2D eigenvalue weighted by atomic mass is 9.86. The van der Waals surface area contributed by atoms with E-state index in [1.165, 1.54) is 17.3 Å². The van der Waals surface area contributed by atoms with Gasteiger partial charge in [0.25, 0.3) is 5.56 Å². The van der Waals surface area contributed by atoms with Crippen molar-refractivity contribution in [2.75, 3.05) is 0 Å². The first-order valence-electron chi connectivity index (χ1n) is 9.53. The fourth-order valence-corrected chi connectivity index (χ4v) is 4.15. The molecule has 0 radical (unpaired) electrons. The first kappa shape index (κ1) is 20.3. The fourth-order valence-electron chi connectivity index (χ4n) is 3.10. The molecule has 1 aromatic heterocycles. The molecule has 0 aliphatic rings. The van der Waals surface area contributed by atoms with Crippen LogP contribution in [0.1, 0.15) is 50.5 Å². The SMILES string of the molecule is CCn1c(S[C@@H](C)C(=O)c2ccc(C(C)(C)C)cc2)nc2ccccc2c1=O. The minimum Gasteiger partial charge on any atom is -0.293 e. The molecule has 0 saturated carbocycles. The first-order chi connectivity index (χ1) is 13.2. The van der Waals surface area contributed by atoms with E-state index in [9.17, 15) is 9.59 Å². The van der Waals surface area contributed by atoms with Crippen LogP contribution in [0.3, 0.4) is 0 Å². The van der Waals surface area contributed by atoms with Gasteiger partial charge in [-0.1, -0.05) is 68.9 Å². The summed E-state index contributed by atoms with van der Waals surface area (Å²) in [5, 5.41) is 0.843. The molecule has 146 valence electrons. The van der Waals surface area contributed by atoms with Gasteiger partial charge in [-0.3, -0.25) is 14.2 Å². The normalized spacial score (nSPS) is 12.9. The molecule has 0 bridgehead atoms. The highest BCUT2D eigenvalue weighted by atomic mass is 32.2. The van der Waals surface area contributed by atoms with Crippen molar-refractivity contribution in [2.24, 2.45) is 0 Å². The third-order valence-corrected chi connectivity index (χ3v) is 5.92. The van der Waals surface area contributed by atoms with E-state index in [2.05, 4.69) is 25.8 Å². The van der Waals surface area contributed by atoms with E-state index >= 15 is 0 Å². The highest BCUT2D eigenvalue weighted by Gasteiger charge is 2.21. The predicted molar refractivity (Wildman–Crippen MR) is 116 cm³/mol. The van der Waals surface area contributed by atoms with Crippen LogP contribution in [0.15, 0.2) is 58.5 Å². The van der Waals surface area contributed by atoms with Gasteiger partial charge in [-0.15, -0.1) is 0 Å². The molecular weight excluding hydrogens is 368 g/mol. The number of fused-ring (bicyclic) bond motifs is 1. The van der Waals surface area contributed by atoms with Crippen molar-refractivity contribution in [3.8, 4) is 0 Å². The zero-order chi connectivity index (χ0) is 20.5. The first-order valence-corrected chi connectivity index (χ1v) is 10.4. The Hall–Kier alpha value is -2.40. The summed E-state index contributed by atoms with van der Waals surface area (Å²) in [5.41, 5.74) is 2.52. The third-order valence-electron chi connectivity index (χ3n) is 4.83. The van der Waals surface area contributed by atoms with Crippen LogP contribution in [0.25, 0.3) is 10.9 Å². The molecule has 0 N–H and O–H groups in total. The average Bonchev–Trinajstić information content (AvgIpc) is 2.67. The Morgan fingerprint density at radius 1 is 1.11 bits per heavy atom. The maximum atomic E-state index is 12.9. The largest absolute Gasteiger partial charge is 0.293 e. The van der Waals surface area contributed by atoms with Gasteiger partial charge in [-0.25, -0.2) is 4.98 Å². The fraction of sp³-hybridized carbons (Fsp3) is 0.348. The smallest absolute Gasteiger partial charge is 0.262 e. The Balaban J connectivity index is 1.89. The monoisotopic (exact) mass is 394 g/mol. The second kappa shape index (κ2) is 7.92. The summed E-state index contributed by atoms with van der Waals surface area (Å²) in [6, 6.07) is 15.1. The Morgan fingerprint density at radius 2 is 1.75 bits per heavy atom. The van der Waals surface area contributed by atoms with E-state index in [0.29, 0.717) is 28.2 Å². The number of Topliss-reactive ketones (excluding diaryl/α,β-unsaturated/α-hetero) is 1. The number of carbonyl (C=O) groups is 1. The molecular formula is C23H26N2O2S. The van der Waals surface area contributed by atoms with Gasteiger partial charge in [0.05, 0.1) is 16.2 Å². The van der Waals surface area contributed by atoms with E-state index in [-0.39, 0.29) is 22.0 Å². The maximum Gasteiger partial charge on any atom is 0.262 e. The lowest BCUT2D eigenvalue weighted by Gasteiger charge is -2.19. The second-order valence-electron chi connectivity index (χ2n) is 7.91. The molecule has 28 heavy (non-hydrogen) atoms. The number of nitrogens with zero attached hydrogens (tertiary/aromatic N) is 2. The molecule has 5 heteroatoms. The molecule has 4 nitrogen and oxygen atoms in total.